The lowest BCUT2D eigenvalue weighted by Gasteiger charge is -2.28. The SMILES string of the molecule is COc1ccc(CCC(=O)NCCCc2ccc(N3CCOCC3)cc2)cc1. The van der Waals surface area contributed by atoms with Crippen LogP contribution in [0.4, 0.5) is 5.69 Å². The van der Waals surface area contributed by atoms with Gasteiger partial charge in [-0.15, -0.1) is 0 Å². The van der Waals surface area contributed by atoms with Crippen molar-refractivity contribution in [2.24, 2.45) is 0 Å². The monoisotopic (exact) mass is 382 g/mol. The van der Waals surface area contributed by atoms with Crippen molar-refractivity contribution in [3.63, 3.8) is 0 Å². The molecule has 0 unspecified atom stereocenters. The van der Waals surface area contributed by atoms with E-state index in [1.807, 2.05) is 24.3 Å². The fourth-order valence-electron chi connectivity index (χ4n) is 3.35. The molecule has 1 aliphatic rings. The summed E-state index contributed by atoms with van der Waals surface area (Å²) < 4.78 is 10.5. The molecule has 1 fully saturated rings. The summed E-state index contributed by atoms with van der Waals surface area (Å²) in [5.74, 6) is 0.949. The van der Waals surface area contributed by atoms with Crippen LogP contribution in [-0.4, -0.2) is 45.9 Å². The van der Waals surface area contributed by atoms with Gasteiger partial charge >= 0.3 is 0 Å². The van der Waals surface area contributed by atoms with E-state index in [-0.39, 0.29) is 5.91 Å². The summed E-state index contributed by atoms with van der Waals surface area (Å²) in [7, 11) is 1.65. The van der Waals surface area contributed by atoms with Gasteiger partial charge in [0.25, 0.3) is 0 Å². The topological polar surface area (TPSA) is 50.8 Å². The average Bonchev–Trinajstić information content (AvgIpc) is 2.76. The van der Waals surface area contributed by atoms with Crippen LogP contribution < -0.4 is 15.0 Å². The van der Waals surface area contributed by atoms with Crippen molar-refractivity contribution in [3.05, 3.63) is 59.7 Å². The number of nitrogens with one attached hydrogen (secondary N) is 1. The summed E-state index contributed by atoms with van der Waals surface area (Å²) in [5, 5.41) is 3.02. The second-order valence-corrected chi connectivity index (χ2v) is 7.07. The molecule has 0 spiro atoms. The van der Waals surface area contributed by atoms with Gasteiger partial charge in [0.15, 0.2) is 0 Å². The van der Waals surface area contributed by atoms with Crippen LogP contribution in [0.25, 0.3) is 0 Å². The number of anilines is 1. The molecular formula is C23H30N2O3. The number of benzene rings is 2. The van der Waals surface area contributed by atoms with E-state index in [9.17, 15) is 4.79 Å². The molecule has 1 amide bonds. The Kier molecular flexibility index (Phi) is 7.73. The molecule has 28 heavy (non-hydrogen) atoms. The Balaban J connectivity index is 1.31. The maximum atomic E-state index is 12.0. The van der Waals surface area contributed by atoms with Gasteiger partial charge in [-0.1, -0.05) is 24.3 Å². The quantitative estimate of drug-likeness (QED) is 0.677. The highest BCUT2D eigenvalue weighted by Gasteiger charge is 2.10. The van der Waals surface area contributed by atoms with Crippen molar-refractivity contribution in [1.29, 1.82) is 0 Å². The highest BCUT2D eigenvalue weighted by molar-refractivity contribution is 5.76. The maximum Gasteiger partial charge on any atom is 0.220 e. The van der Waals surface area contributed by atoms with Crippen molar-refractivity contribution < 1.29 is 14.3 Å². The van der Waals surface area contributed by atoms with Crippen LogP contribution in [-0.2, 0) is 22.4 Å². The Labute approximate surface area is 167 Å². The smallest absolute Gasteiger partial charge is 0.220 e. The van der Waals surface area contributed by atoms with E-state index >= 15 is 0 Å². The molecule has 1 aliphatic heterocycles. The molecule has 2 aromatic rings. The molecule has 1 heterocycles. The molecule has 3 rings (SSSR count). The van der Waals surface area contributed by atoms with Crippen LogP contribution in [0.5, 0.6) is 5.75 Å². The first-order valence-electron chi connectivity index (χ1n) is 10.1. The summed E-state index contributed by atoms with van der Waals surface area (Å²) >= 11 is 0. The first kappa shape index (κ1) is 20.2. The molecule has 0 aliphatic carbocycles. The van der Waals surface area contributed by atoms with Gasteiger partial charge in [0.05, 0.1) is 20.3 Å². The second-order valence-electron chi connectivity index (χ2n) is 7.07. The van der Waals surface area contributed by atoms with Gasteiger partial charge in [0.1, 0.15) is 5.75 Å². The van der Waals surface area contributed by atoms with Crippen LogP contribution in [0.1, 0.15) is 24.0 Å². The molecule has 0 atom stereocenters. The normalized spacial score (nSPS) is 14.0. The molecule has 5 heteroatoms. The molecular weight excluding hydrogens is 352 g/mol. The van der Waals surface area contributed by atoms with E-state index < -0.39 is 0 Å². The standard InChI is InChI=1S/C23H30N2O3/c1-27-22-11-6-20(7-12-22)8-13-23(26)24-14-2-3-19-4-9-21(10-5-19)25-15-17-28-18-16-25/h4-7,9-12H,2-3,8,13-18H2,1H3,(H,24,26). The van der Waals surface area contributed by atoms with Crippen LogP contribution in [0.3, 0.4) is 0 Å². The molecule has 1 saturated heterocycles. The zero-order valence-electron chi connectivity index (χ0n) is 16.7. The van der Waals surface area contributed by atoms with Gasteiger partial charge in [0.2, 0.25) is 5.91 Å². The lowest BCUT2D eigenvalue weighted by atomic mass is 10.1. The van der Waals surface area contributed by atoms with Gasteiger partial charge in [-0.2, -0.15) is 0 Å². The zero-order valence-corrected chi connectivity index (χ0v) is 16.7. The molecule has 0 saturated carbocycles. The summed E-state index contributed by atoms with van der Waals surface area (Å²) in [6.45, 7) is 4.25. The first-order valence-corrected chi connectivity index (χ1v) is 10.1. The number of carbonyl (C=O) groups is 1. The lowest BCUT2D eigenvalue weighted by molar-refractivity contribution is -0.121. The van der Waals surface area contributed by atoms with Crippen LogP contribution in [0, 0.1) is 0 Å². The van der Waals surface area contributed by atoms with Crippen LogP contribution in [0.15, 0.2) is 48.5 Å². The summed E-state index contributed by atoms with van der Waals surface area (Å²) in [4.78, 5) is 14.4. The third kappa shape index (κ3) is 6.27. The fraction of sp³-hybridized carbons (Fsp3) is 0.435. The molecule has 0 bridgehead atoms. The Morgan fingerprint density at radius 1 is 1.00 bits per heavy atom. The van der Waals surface area contributed by atoms with Crippen LogP contribution in [0.2, 0.25) is 0 Å². The molecule has 2 aromatic carbocycles. The zero-order chi connectivity index (χ0) is 19.6. The summed E-state index contributed by atoms with van der Waals surface area (Å²) in [6.07, 6.45) is 3.19. The molecule has 5 nitrogen and oxygen atoms in total. The number of hydrogen-bond acceptors (Lipinski definition) is 4. The van der Waals surface area contributed by atoms with Crippen molar-refractivity contribution in [2.75, 3.05) is 44.9 Å². The predicted molar refractivity (Wildman–Crippen MR) is 112 cm³/mol. The third-order valence-corrected chi connectivity index (χ3v) is 5.08. The second kappa shape index (κ2) is 10.7. The summed E-state index contributed by atoms with van der Waals surface area (Å²) in [5.41, 5.74) is 3.72. The number of aryl methyl sites for hydroxylation is 2. The lowest BCUT2D eigenvalue weighted by Crippen LogP contribution is -2.36. The Morgan fingerprint density at radius 2 is 1.64 bits per heavy atom. The highest BCUT2D eigenvalue weighted by atomic mass is 16.5. The minimum absolute atomic E-state index is 0.110. The van der Waals surface area contributed by atoms with Gasteiger partial charge in [-0.25, -0.2) is 0 Å². The van der Waals surface area contributed by atoms with Crippen molar-refractivity contribution in [3.8, 4) is 5.75 Å². The molecule has 0 aromatic heterocycles. The van der Waals surface area contributed by atoms with Crippen molar-refractivity contribution in [1.82, 2.24) is 5.32 Å². The Morgan fingerprint density at radius 3 is 2.32 bits per heavy atom. The van der Waals surface area contributed by atoms with E-state index in [1.54, 1.807) is 7.11 Å². The van der Waals surface area contributed by atoms with Crippen molar-refractivity contribution >= 4 is 11.6 Å². The number of ether oxygens (including phenoxy) is 2. The average molecular weight is 383 g/mol. The van der Waals surface area contributed by atoms with Gasteiger partial charge in [0, 0.05) is 31.7 Å². The van der Waals surface area contributed by atoms with Crippen molar-refractivity contribution in [2.45, 2.75) is 25.7 Å². The highest BCUT2D eigenvalue weighted by Crippen LogP contribution is 2.17. The van der Waals surface area contributed by atoms with E-state index in [0.717, 1.165) is 56.9 Å². The minimum atomic E-state index is 0.110. The van der Waals surface area contributed by atoms with E-state index in [4.69, 9.17) is 9.47 Å². The van der Waals surface area contributed by atoms with Gasteiger partial charge in [-0.05, 0) is 54.7 Å². The fourth-order valence-corrected chi connectivity index (χ4v) is 3.35. The van der Waals surface area contributed by atoms with E-state index in [2.05, 4.69) is 34.5 Å². The third-order valence-electron chi connectivity index (χ3n) is 5.08. The van der Waals surface area contributed by atoms with Crippen LogP contribution >= 0.6 is 0 Å². The number of hydrogen-bond donors (Lipinski definition) is 1. The van der Waals surface area contributed by atoms with Gasteiger partial charge in [-0.3, -0.25) is 4.79 Å². The first-order chi connectivity index (χ1) is 13.7. The molecule has 1 N–H and O–H groups in total. The number of morpholine rings is 1. The largest absolute Gasteiger partial charge is 0.497 e. The minimum Gasteiger partial charge on any atom is -0.497 e. The van der Waals surface area contributed by atoms with E-state index in [1.165, 1.54) is 11.3 Å². The van der Waals surface area contributed by atoms with Gasteiger partial charge < -0.3 is 19.7 Å². The Bertz CT molecular complexity index is 723. The number of amides is 1. The van der Waals surface area contributed by atoms with E-state index in [0.29, 0.717) is 13.0 Å². The molecule has 0 radical (unpaired) electrons. The number of carbonyl (C=O) groups excluding carboxylic acids is 1. The molecule has 150 valence electrons. The summed E-state index contributed by atoms with van der Waals surface area (Å²) in [6, 6.07) is 16.6. The Hall–Kier alpha value is -2.53. The maximum absolute atomic E-state index is 12.0. The predicted octanol–water partition coefficient (Wildman–Crippen LogP) is 3.21. The number of methoxy groups -OCH3 is 1. The number of rotatable bonds is 9. The number of nitrogens with zero attached hydrogens (tertiary/aromatic N) is 1.